The van der Waals surface area contributed by atoms with E-state index in [0.29, 0.717) is 5.56 Å². The number of rotatable bonds is 4. The summed E-state index contributed by atoms with van der Waals surface area (Å²) >= 11 is 0. The first-order chi connectivity index (χ1) is 7.74. The van der Waals surface area contributed by atoms with Gasteiger partial charge in [-0.1, -0.05) is 26.0 Å². The molecular formula is C13H16F2O2. The molecule has 0 amide bonds. The Labute approximate surface area is 99.3 Å². The second-order valence-electron chi connectivity index (χ2n) is 4.50. The van der Waals surface area contributed by atoms with E-state index >= 15 is 0 Å². The van der Waals surface area contributed by atoms with E-state index in [4.69, 9.17) is 5.11 Å². The van der Waals surface area contributed by atoms with Gasteiger partial charge in [-0.15, -0.1) is 0 Å². The average Bonchev–Trinajstić information content (AvgIpc) is 2.15. The number of aryl methyl sites for hydroxylation is 1. The molecule has 0 aliphatic rings. The van der Waals surface area contributed by atoms with Crippen LogP contribution in [0.4, 0.5) is 8.78 Å². The molecule has 0 unspecified atom stereocenters. The summed E-state index contributed by atoms with van der Waals surface area (Å²) in [7, 11) is 0. The van der Waals surface area contributed by atoms with Crippen molar-refractivity contribution >= 4 is 5.97 Å². The maximum atomic E-state index is 13.7. The zero-order valence-corrected chi connectivity index (χ0v) is 10.1. The highest BCUT2D eigenvalue weighted by Gasteiger charge is 2.36. The van der Waals surface area contributed by atoms with Gasteiger partial charge in [0, 0.05) is 5.56 Å². The van der Waals surface area contributed by atoms with Crippen LogP contribution in [0.15, 0.2) is 18.2 Å². The SMILES string of the molecule is Cc1ccc(C(C)C)cc1C(F)(F)CC(=O)O. The van der Waals surface area contributed by atoms with Crippen LogP contribution in [0.3, 0.4) is 0 Å². The zero-order chi connectivity index (χ0) is 13.2. The number of hydrogen-bond donors (Lipinski definition) is 1. The first-order valence-electron chi connectivity index (χ1n) is 5.44. The minimum absolute atomic E-state index is 0.134. The average molecular weight is 242 g/mol. The molecular weight excluding hydrogens is 226 g/mol. The minimum Gasteiger partial charge on any atom is -0.481 e. The molecule has 1 rings (SSSR count). The normalized spacial score (nSPS) is 11.9. The second-order valence-corrected chi connectivity index (χ2v) is 4.50. The molecule has 2 nitrogen and oxygen atoms in total. The van der Waals surface area contributed by atoms with Gasteiger partial charge in [-0.3, -0.25) is 4.79 Å². The topological polar surface area (TPSA) is 37.3 Å². The van der Waals surface area contributed by atoms with Crippen molar-refractivity contribution in [1.29, 1.82) is 0 Å². The van der Waals surface area contributed by atoms with Gasteiger partial charge < -0.3 is 5.11 Å². The summed E-state index contributed by atoms with van der Waals surface area (Å²) in [5, 5.41) is 8.50. The lowest BCUT2D eigenvalue weighted by atomic mass is 9.93. The number of carbonyl (C=O) groups is 1. The molecule has 0 radical (unpaired) electrons. The fourth-order valence-corrected chi connectivity index (χ4v) is 1.68. The van der Waals surface area contributed by atoms with E-state index in [0.717, 1.165) is 5.56 Å². The number of alkyl halides is 2. The zero-order valence-electron chi connectivity index (χ0n) is 10.1. The van der Waals surface area contributed by atoms with E-state index in [1.807, 2.05) is 13.8 Å². The lowest BCUT2D eigenvalue weighted by Gasteiger charge is -2.19. The summed E-state index contributed by atoms with van der Waals surface area (Å²) in [4.78, 5) is 10.4. The molecule has 4 heteroatoms. The van der Waals surface area contributed by atoms with Crippen molar-refractivity contribution in [3.63, 3.8) is 0 Å². The van der Waals surface area contributed by atoms with Crippen molar-refractivity contribution in [2.24, 2.45) is 0 Å². The Kier molecular flexibility index (Phi) is 3.86. The highest BCUT2D eigenvalue weighted by atomic mass is 19.3. The minimum atomic E-state index is -3.32. The van der Waals surface area contributed by atoms with Crippen molar-refractivity contribution < 1.29 is 18.7 Å². The lowest BCUT2D eigenvalue weighted by Crippen LogP contribution is -2.20. The van der Waals surface area contributed by atoms with Gasteiger partial charge in [0.15, 0.2) is 0 Å². The van der Waals surface area contributed by atoms with Gasteiger partial charge >= 0.3 is 5.97 Å². The number of carboxylic acids is 1. The van der Waals surface area contributed by atoms with Crippen LogP contribution in [0.1, 0.15) is 42.9 Å². The van der Waals surface area contributed by atoms with Gasteiger partial charge in [0.2, 0.25) is 0 Å². The van der Waals surface area contributed by atoms with Crippen molar-refractivity contribution in [3.8, 4) is 0 Å². The molecule has 0 spiro atoms. The van der Waals surface area contributed by atoms with Gasteiger partial charge in [0.25, 0.3) is 5.92 Å². The number of aliphatic carboxylic acids is 1. The van der Waals surface area contributed by atoms with Crippen LogP contribution in [0.2, 0.25) is 0 Å². The van der Waals surface area contributed by atoms with E-state index in [2.05, 4.69) is 0 Å². The molecule has 0 aliphatic carbocycles. The molecule has 0 aliphatic heterocycles. The monoisotopic (exact) mass is 242 g/mol. The Hall–Kier alpha value is -1.45. The third kappa shape index (κ3) is 3.25. The van der Waals surface area contributed by atoms with Crippen LogP contribution < -0.4 is 0 Å². The smallest absolute Gasteiger partial charge is 0.309 e. The van der Waals surface area contributed by atoms with Crippen molar-refractivity contribution in [2.75, 3.05) is 0 Å². The predicted octanol–water partition coefficient (Wildman–Crippen LogP) is 3.68. The summed E-state index contributed by atoms with van der Waals surface area (Å²) in [6.45, 7) is 5.38. The van der Waals surface area contributed by atoms with Crippen LogP contribution >= 0.6 is 0 Å². The van der Waals surface area contributed by atoms with Crippen LogP contribution in [0, 0.1) is 6.92 Å². The molecule has 0 aromatic heterocycles. The van der Waals surface area contributed by atoms with Gasteiger partial charge in [-0.05, 0) is 30.0 Å². The number of benzene rings is 1. The van der Waals surface area contributed by atoms with Crippen LogP contribution in [0.25, 0.3) is 0 Å². The molecule has 0 heterocycles. The quantitative estimate of drug-likeness (QED) is 0.874. The van der Waals surface area contributed by atoms with Crippen molar-refractivity contribution in [3.05, 3.63) is 34.9 Å². The summed E-state index contributed by atoms with van der Waals surface area (Å²) in [6, 6.07) is 4.81. The lowest BCUT2D eigenvalue weighted by molar-refractivity contribution is -0.145. The molecule has 1 N–H and O–H groups in total. The molecule has 17 heavy (non-hydrogen) atoms. The van der Waals surface area contributed by atoms with Gasteiger partial charge in [-0.2, -0.15) is 0 Å². The first-order valence-corrected chi connectivity index (χ1v) is 5.44. The molecule has 94 valence electrons. The highest BCUT2D eigenvalue weighted by molar-refractivity contribution is 5.68. The summed E-state index contributed by atoms with van der Waals surface area (Å²) in [6.07, 6.45) is -1.17. The van der Waals surface area contributed by atoms with Gasteiger partial charge in [-0.25, -0.2) is 8.78 Å². The number of hydrogen-bond acceptors (Lipinski definition) is 1. The van der Waals surface area contributed by atoms with Crippen molar-refractivity contribution in [2.45, 2.75) is 39.0 Å². The van der Waals surface area contributed by atoms with Crippen molar-refractivity contribution in [1.82, 2.24) is 0 Å². The summed E-state index contributed by atoms with van der Waals surface area (Å²) < 4.78 is 27.5. The highest BCUT2D eigenvalue weighted by Crippen LogP contribution is 2.35. The van der Waals surface area contributed by atoms with Gasteiger partial charge in [0.05, 0.1) is 0 Å². The first kappa shape index (κ1) is 13.6. The maximum absolute atomic E-state index is 13.7. The maximum Gasteiger partial charge on any atom is 0.309 e. The number of carboxylic acid groups (broad SMARTS) is 1. The molecule has 0 atom stereocenters. The van der Waals surface area contributed by atoms with Crippen LogP contribution in [-0.4, -0.2) is 11.1 Å². The van der Waals surface area contributed by atoms with E-state index in [1.54, 1.807) is 19.1 Å². The molecule has 0 fully saturated rings. The van der Waals surface area contributed by atoms with E-state index in [1.165, 1.54) is 6.07 Å². The third-order valence-electron chi connectivity index (χ3n) is 2.70. The fraction of sp³-hybridized carbons (Fsp3) is 0.462. The van der Waals surface area contributed by atoms with E-state index < -0.39 is 18.3 Å². The molecule has 1 aromatic rings. The van der Waals surface area contributed by atoms with Crippen LogP contribution in [0.5, 0.6) is 0 Å². The summed E-state index contributed by atoms with van der Waals surface area (Å²) in [5.41, 5.74) is 1.02. The summed E-state index contributed by atoms with van der Waals surface area (Å²) in [5.74, 6) is -4.68. The Morgan fingerprint density at radius 3 is 2.47 bits per heavy atom. The molecule has 0 bridgehead atoms. The largest absolute Gasteiger partial charge is 0.481 e. The van der Waals surface area contributed by atoms with E-state index in [9.17, 15) is 13.6 Å². The number of halogens is 2. The standard InChI is InChI=1S/C13H16F2O2/c1-8(2)10-5-4-9(3)11(6-10)13(14,15)7-12(16)17/h4-6,8H,7H2,1-3H3,(H,16,17). The van der Waals surface area contributed by atoms with Crippen LogP contribution in [-0.2, 0) is 10.7 Å². The second kappa shape index (κ2) is 4.82. The predicted molar refractivity (Wildman–Crippen MR) is 61.4 cm³/mol. The molecule has 0 saturated carbocycles. The van der Waals surface area contributed by atoms with E-state index in [-0.39, 0.29) is 11.5 Å². The fourth-order valence-electron chi connectivity index (χ4n) is 1.68. The molecule has 1 aromatic carbocycles. The molecule has 0 saturated heterocycles. The Morgan fingerprint density at radius 2 is 2.00 bits per heavy atom. The Morgan fingerprint density at radius 1 is 1.41 bits per heavy atom. The van der Waals surface area contributed by atoms with Gasteiger partial charge in [0.1, 0.15) is 6.42 Å². The Bertz CT molecular complexity index is 425. The Balaban J connectivity index is 3.19. The third-order valence-corrected chi connectivity index (χ3v) is 2.70.